The van der Waals surface area contributed by atoms with E-state index in [4.69, 9.17) is 5.26 Å². The van der Waals surface area contributed by atoms with Crippen LogP contribution in [0.3, 0.4) is 0 Å². The number of thioether (sulfide) groups is 1. The van der Waals surface area contributed by atoms with Gasteiger partial charge < -0.3 is 4.98 Å². The van der Waals surface area contributed by atoms with Crippen LogP contribution in [0.4, 0.5) is 0 Å². The highest BCUT2D eigenvalue weighted by atomic mass is 32.2. The zero-order chi connectivity index (χ0) is 12.5. The average molecular weight is 251 g/mol. The largest absolute Gasteiger partial charge is 0.348 e. The van der Waals surface area contributed by atoms with Crippen molar-refractivity contribution in [3.8, 4) is 6.19 Å². The molecule has 0 saturated heterocycles. The van der Waals surface area contributed by atoms with Gasteiger partial charge in [-0.3, -0.25) is 10.3 Å². The molecule has 92 valence electrons. The molecule has 5 nitrogen and oxygen atoms in total. The van der Waals surface area contributed by atoms with Crippen LogP contribution in [0.15, 0.2) is 11.3 Å². The summed E-state index contributed by atoms with van der Waals surface area (Å²) in [6.45, 7) is 4.72. The van der Waals surface area contributed by atoms with Crippen molar-refractivity contribution < 1.29 is 0 Å². The van der Waals surface area contributed by atoms with E-state index in [9.17, 15) is 0 Å². The lowest BCUT2D eigenvalue weighted by molar-refractivity contribution is 1.05. The number of aliphatic imine (C=N–C) groups is 1. The molecule has 6 heteroatoms. The van der Waals surface area contributed by atoms with Crippen molar-refractivity contribution in [2.75, 3.05) is 12.3 Å². The lowest BCUT2D eigenvalue weighted by Crippen LogP contribution is -2.17. The number of nitrogens with one attached hydrogen (secondary N) is 2. The van der Waals surface area contributed by atoms with Crippen molar-refractivity contribution in [2.24, 2.45) is 4.99 Å². The second kappa shape index (κ2) is 7.74. The molecule has 0 fully saturated rings. The predicted octanol–water partition coefficient (Wildman–Crippen LogP) is 1.83. The van der Waals surface area contributed by atoms with Crippen LogP contribution in [0.1, 0.15) is 24.7 Å². The SMILES string of the molecule is CCC(=NCCSCc1nc[nH]c1C)NC#N. The Kier molecular flexibility index (Phi) is 6.18. The molecule has 0 radical (unpaired) electrons. The van der Waals surface area contributed by atoms with Crippen LogP contribution >= 0.6 is 11.8 Å². The third kappa shape index (κ3) is 4.91. The molecular formula is C11H17N5S. The maximum atomic E-state index is 8.47. The van der Waals surface area contributed by atoms with E-state index in [-0.39, 0.29) is 0 Å². The van der Waals surface area contributed by atoms with Crippen molar-refractivity contribution in [3.63, 3.8) is 0 Å². The Bertz CT molecular complexity index is 404. The van der Waals surface area contributed by atoms with E-state index in [0.29, 0.717) is 0 Å². The van der Waals surface area contributed by atoms with Crippen molar-refractivity contribution in [1.82, 2.24) is 15.3 Å². The van der Waals surface area contributed by atoms with E-state index in [0.717, 1.165) is 41.7 Å². The van der Waals surface area contributed by atoms with Gasteiger partial charge >= 0.3 is 0 Å². The fourth-order valence-electron chi connectivity index (χ4n) is 1.25. The summed E-state index contributed by atoms with van der Waals surface area (Å²) in [6, 6.07) is 0. The number of imidazole rings is 1. The Morgan fingerprint density at radius 3 is 3.12 bits per heavy atom. The molecule has 0 atom stereocenters. The molecule has 0 aliphatic rings. The monoisotopic (exact) mass is 251 g/mol. The molecule has 17 heavy (non-hydrogen) atoms. The number of amidine groups is 1. The highest BCUT2D eigenvalue weighted by Crippen LogP contribution is 2.11. The summed E-state index contributed by atoms with van der Waals surface area (Å²) in [4.78, 5) is 11.6. The summed E-state index contributed by atoms with van der Waals surface area (Å²) in [7, 11) is 0. The number of nitriles is 1. The standard InChI is InChI=1S/C11H17N5S/c1-3-11(14-7-12)13-4-5-17-6-10-9(2)15-8-16-10/h8H,3-6H2,1-2H3,(H,13,14)(H,15,16). The van der Waals surface area contributed by atoms with E-state index >= 15 is 0 Å². The lowest BCUT2D eigenvalue weighted by atomic mass is 10.4. The quantitative estimate of drug-likeness (QED) is 0.266. The van der Waals surface area contributed by atoms with Gasteiger partial charge in [-0.2, -0.15) is 17.0 Å². The second-order valence-electron chi connectivity index (χ2n) is 3.45. The van der Waals surface area contributed by atoms with E-state index < -0.39 is 0 Å². The Labute approximate surface area is 106 Å². The van der Waals surface area contributed by atoms with E-state index in [2.05, 4.69) is 20.3 Å². The van der Waals surface area contributed by atoms with E-state index in [1.807, 2.05) is 20.0 Å². The van der Waals surface area contributed by atoms with Crippen LogP contribution in [0.25, 0.3) is 0 Å². The number of hydrogen-bond acceptors (Lipinski definition) is 4. The topological polar surface area (TPSA) is 76.9 Å². The van der Waals surface area contributed by atoms with Crippen LogP contribution in [0, 0.1) is 18.4 Å². The fraction of sp³-hybridized carbons (Fsp3) is 0.545. The number of rotatable bonds is 6. The highest BCUT2D eigenvalue weighted by Gasteiger charge is 2.00. The summed E-state index contributed by atoms with van der Waals surface area (Å²) in [5.41, 5.74) is 2.23. The minimum atomic E-state index is 0.728. The summed E-state index contributed by atoms with van der Waals surface area (Å²) < 4.78 is 0. The maximum Gasteiger partial charge on any atom is 0.182 e. The van der Waals surface area contributed by atoms with E-state index in [1.54, 1.807) is 18.1 Å². The number of aryl methyl sites for hydroxylation is 1. The molecule has 2 N–H and O–H groups in total. The van der Waals surface area contributed by atoms with Gasteiger partial charge in [0, 0.05) is 23.6 Å². The van der Waals surface area contributed by atoms with Crippen molar-refractivity contribution in [2.45, 2.75) is 26.0 Å². The van der Waals surface area contributed by atoms with Crippen LogP contribution in [-0.4, -0.2) is 28.1 Å². The Morgan fingerprint density at radius 2 is 2.53 bits per heavy atom. The molecule has 0 unspecified atom stereocenters. The van der Waals surface area contributed by atoms with Gasteiger partial charge in [-0.15, -0.1) is 0 Å². The van der Waals surface area contributed by atoms with Crippen LogP contribution in [-0.2, 0) is 5.75 Å². The summed E-state index contributed by atoms with van der Waals surface area (Å²) in [5.74, 6) is 2.59. The van der Waals surface area contributed by atoms with Gasteiger partial charge in [0.25, 0.3) is 0 Å². The van der Waals surface area contributed by atoms with Crippen molar-refractivity contribution in [3.05, 3.63) is 17.7 Å². The van der Waals surface area contributed by atoms with Gasteiger partial charge in [-0.25, -0.2) is 4.98 Å². The Hall–Kier alpha value is -1.48. The predicted molar refractivity (Wildman–Crippen MR) is 70.8 cm³/mol. The zero-order valence-electron chi connectivity index (χ0n) is 10.2. The third-order valence-electron chi connectivity index (χ3n) is 2.25. The van der Waals surface area contributed by atoms with Crippen LogP contribution in [0.2, 0.25) is 0 Å². The fourth-order valence-corrected chi connectivity index (χ4v) is 2.10. The van der Waals surface area contributed by atoms with Gasteiger partial charge in [0.2, 0.25) is 0 Å². The zero-order valence-corrected chi connectivity index (χ0v) is 11.0. The van der Waals surface area contributed by atoms with Gasteiger partial charge in [-0.1, -0.05) is 6.92 Å². The van der Waals surface area contributed by atoms with Crippen LogP contribution in [0.5, 0.6) is 0 Å². The summed E-state index contributed by atoms with van der Waals surface area (Å²) in [5, 5.41) is 11.0. The van der Waals surface area contributed by atoms with Gasteiger partial charge in [0.1, 0.15) is 5.84 Å². The molecule has 0 bridgehead atoms. The first-order valence-corrected chi connectivity index (χ1v) is 6.68. The maximum absolute atomic E-state index is 8.47. The van der Waals surface area contributed by atoms with Crippen LogP contribution < -0.4 is 5.32 Å². The smallest absolute Gasteiger partial charge is 0.182 e. The lowest BCUT2D eigenvalue weighted by Gasteiger charge is -2.01. The molecule has 0 spiro atoms. The number of nitrogens with zero attached hydrogens (tertiary/aromatic N) is 3. The molecule has 1 aromatic heterocycles. The molecule has 0 amide bonds. The molecule has 1 heterocycles. The normalized spacial score (nSPS) is 11.2. The third-order valence-corrected chi connectivity index (χ3v) is 3.20. The molecule has 0 saturated carbocycles. The molecule has 0 aliphatic carbocycles. The Balaban J connectivity index is 2.20. The number of H-pyrrole nitrogens is 1. The minimum Gasteiger partial charge on any atom is -0.348 e. The van der Waals surface area contributed by atoms with Crippen molar-refractivity contribution in [1.29, 1.82) is 5.26 Å². The van der Waals surface area contributed by atoms with Gasteiger partial charge in [-0.05, 0) is 6.92 Å². The summed E-state index contributed by atoms with van der Waals surface area (Å²) >= 11 is 1.80. The average Bonchev–Trinajstić information content (AvgIpc) is 2.73. The van der Waals surface area contributed by atoms with Gasteiger partial charge in [0.15, 0.2) is 6.19 Å². The highest BCUT2D eigenvalue weighted by molar-refractivity contribution is 7.98. The first-order chi connectivity index (χ1) is 8.27. The van der Waals surface area contributed by atoms with Crippen molar-refractivity contribution >= 4 is 17.6 Å². The molecule has 1 rings (SSSR count). The molecule has 1 aromatic rings. The molecular weight excluding hydrogens is 234 g/mol. The number of hydrogen-bond donors (Lipinski definition) is 2. The van der Waals surface area contributed by atoms with Gasteiger partial charge in [0.05, 0.1) is 18.6 Å². The second-order valence-corrected chi connectivity index (χ2v) is 4.55. The minimum absolute atomic E-state index is 0.728. The Morgan fingerprint density at radius 1 is 1.71 bits per heavy atom. The number of aromatic amines is 1. The molecule has 0 aliphatic heterocycles. The van der Waals surface area contributed by atoms with E-state index in [1.165, 1.54) is 0 Å². The first kappa shape index (κ1) is 13.6. The molecule has 0 aromatic carbocycles. The first-order valence-electron chi connectivity index (χ1n) is 5.53. The summed E-state index contributed by atoms with van der Waals surface area (Å²) in [6.07, 6.45) is 4.37. The number of aromatic nitrogens is 2.